The number of fused-ring (bicyclic) bond motifs is 2. The van der Waals surface area contributed by atoms with E-state index in [4.69, 9.17) is 18.9 Å². The minimum Gasteiger partial charge on any atom is -0.493 e. The van der Waals surface area contributed by atoms with Gasteiger partial charge in [0.25, 0.3) is 5.56 Å². The lowest BCUT2D eigenvalue weighted by Gasteiger charge is -2.27. The molecule has 0 bridgehead atoms. The van der Waals surface area contributed by atoms with Gasteiger partial charge in [-0.1, -0.05) is 6.07 Å². The van der Waals surface area contributed by atoms with Gasteiger partial charge in [0.05, 0.1) is 36.9 Å². The molecule has 1 aliphatic heterocycles. The van der Waals surface area contributed by atoms with Crippen LogP contribution in [0.4, 0.5) is 0 Å². The van der Waals surface area contributed by atoms with E-state index in [0.29, 0.717) is 25.3 Å². The van der Waals surface area contributed by atoms with E-state index in [1.54, 1.807) is 13.4 Å². The predicted octanol–water partition coefficient (Wildman–Crippen LogP) is 3.56. The zero-order chi connectivity index (χ0) is 22.2. The second kappa shape index (κ2) is 8.20. The highest BCUT2D eigenvalue weighted by Gasteiger charge is 2.23. The lowest BCUT2D eigenvalue weighted by Crippen LogP contribution is -2.36. The van der Waals surface area contributed by atoms with Gasteiger partial charge in [0.15, 0.2) is 17.1 Å². The van der Waals surface area contributed by atoms with Gasteiger partial charge in [0, 0.05) is 37.7 Å². The van der Waals surface area contributed by atoms with E-state index in [-0.39, 0.29) is 5.56 Å². The first kappa shape index (κ1) is 20.4. The van der Waals surface area contributed by atoms with Gasteiger partial charge < -0.3 is 13.9 Å². The molecule has 5 rings (SSSR count). The largest absolute Gasteiger partial charge is 0.493 e. The topological polar surface area (TPSA) is 85.0 Å². The van der Waals surface area contributed by atoms with Crippen LogP contribution >= 0.6 is 0 Å². The normalized spacial score (nSPS) is 14.0. The van der Waals surface area contributed by atoms with E-state index in [2.05, 4.69) is 10.00 Å². The maximum atomic E-state index is 13.3. The number of nitrogens with zero attached hydrogens (tertiary/aromatic N) is 3. The Morgan fingerprint density at radius 3 is 2.84 bits per heavy atom. The summed E-state index contributed by atoms with van der Waals surface area (Å²) in [6, 6.07) is 9.77. The molecule has 0 atom stereocenters. The molecule has 32 heavy (non-hydrogen) atoms. The average Bonchev–Trinajstić information content (AvgIpc) is 3.41. The maximum absolute atomic E-state index is 13.3. The van der Waals surface area contributed by atoms with E-state index in [1.165, 1.54) is 4.52 Å². The molecule has 4 aromatic rings. The monoisotopic (exact) mass is 434 g/mol. The van der Waals surface area contributed by atoms with Gasteiger partial charge in [0.1, 0.15) is 5.76 Å². The number of benzene rings is 1. The van der Waals surface area contributed by atoms with Crippen LogP contribution in [0.15, 0.2) is 45.8 Å². The number of rotatable bonds is 6. The Morgan fingerprint density at radius 1 is 1.22 bits per heavy atom. The maximum Gasteiger partial charge on any atom is 0.277 e. The Morgan fingerprint density at radius 2 is 2.09 bits per heavy atom. The van der Waals surface area contributed by atoms with Crippen molar-refractivity contribution in [3.63, 3.8) is 0 Å². The van der Waals surface area contributed by atoms with E-state index in [0.717, 1.165) is 58.3 Å². The highest BCUT2D eigenvalue weighted by atomic mass is 16.5. The number of nitrogens with one attached hydrogen (secondary N) is 1. The number of hydrogen-bond donors (Lipinski definition) is 1. The van der Waals surface area contributed by atoms with E-state index >= 15 is 0 Å². The summed E-state index contributed by atoms with van der Waals surface area (Å²) in [7, 11) is 1.65. The number of aryl methyl sites for hydroxylation is 1. The first-order chi connectivity index (χ1) is 15.6. The van der Waals surface area contributed by atoms with Crippen molar-refractivity contribution in [2.24, 2.45) is 0 Å². The molecule has 0 spiro atoms. The lowest BCUT2D eigenvalue weighted by molar-refractivity contribution is 0.241. The van der Waals surface area contributed by atoms with Crippen molar-refractivity contribution in [1.29, 1.82) is 0 Å². The summed E-state index contributed by atoms with van der Waals surface area (Å²) in [5, 5.41) is 3.19. The van der Waals surface area contributed by atoms with E-state index in [9.17, 15) is 4.79 Å². The van der Waals surface area contributed by atoms with Crippen molar-refractivity contribution in [1.82, 2.24) is 19.5 Å². The minimum absolute atomic E-state index is 0.0497. The zero-order valence-electron chi connectivity index (χ0n) is 18.5. The summed E-state index contributed by atoms with van der Waals surface area (Å²) in [4.78, 5) is 20.3. The molecular weight excluding hydrogens is 408 g/mol. The van der Waals surface area contributed by atoms with Crippen molar-refractivity contribution < 1.29 is 13.9 Å². The summed E-state index contributed by atoms with van der Waals surface area (Å²) >= 11 is 0. The number of aromatic nitrogens is 3. The quantitative estimate of drug-likeness (QED) is 0.500. The van der Waals surface area contributed by atoms with Gasteiger partial charge in [0.2, 0.25) is 0 Å². The number of ether oxygens (including phenoxy) is 2. The molecule has 1 aliphatic rings. The zero-order valence-corrected chi connectivity index (χ0v) is 18.5. The van der Waals surface area contributed by atoms with Gasteiger partial charge in [-0.25, -0.2) is 9.50 Å². The number of aromatic amines is 1. The molecule has 8 heteroatoms. The average molecular weight is 434 g/mol. The van der Waals surface area contributed by atoms with Crippen LogP contribution in [0.5, 0.6) is 11.5 Å². The molecule has 0 radical (unpaired) electrons. The van der Waals surface area contributed by atoms with Crippen molar-refractivity contribution in [2.75, 3.05) is 20.3 Å². The van der Waals surface area contributed by atoms with Gasteiger partial charge in [-0.15, -0.1) is 0 Å². The van der Waals surface area contributed by atoms with Crippen LogP contribution in [-0.4, -0.2) is 39.8 Å². The molecule has 3 aromatic heterocycles. The molecule has 0 saturated carbocycles. The van der Waals surface area contributed by atoms with Gasteiger partial charge in [-0.2, -0.15) is 0 Å². The summed E-state index contributed by atoms with van der Waals surface area (Å²) in [6.45, 7) is 6.54. The predicted molar refractivity (Wildman–Crippen MR) is 120 cm³/mol. The molecule has 1 aromatic carbocycles. The number of hydrogen-bond acceptors (Lipinski definition) is 6. The Kier molecular flexibility index (Phi) is 5.22. The first-order valence-corrected chi connectivity index (χ1v) is 10.8. The summed E-state index contributed by atoms with van der Waals surface area (Å²) < 4.78 is 18.0. The third-order valence-corrected chi connectivity index (χ3v) is 5.92. The standard InChI is InChI=1S/C24H26N4O4/c1-4-31-21-6-5-16(11-22(21)30-3)13-27-9-7-19-18(14-27)24(29)28-23(25-19)12-20(26-28)17-8-10-32-15(17)2/h5-6,8,10-12,26H,4,7,9,13-14H2,1-3H3. The molecule has 0 amide bonds. The third kappa shape index (κ3) is 3.56. The van der Waals surface area contributed by atoms with E-state index < -0.39 is 0 Å². The van der Waals surface area contributed by atoms with Crippen LogP contribution < -0.4 is 15.0 Å². The molecule has 8 nitrogen and oxygen atoms in total. The van der Waals surface area contributed by atoms with Crippen molar-refractivity contribution >= 4 is 5.65 Å². The smallest absolute Gasteiger partial charge is 0.277 e. The Labute approximate surface area is 185 Å². The highest BCUT2D eigenvalue weighted by molar-refractivity contribution is 5.65. The van der Waals surface area contributed by atoms with Gasteiger partial charge in [-0.3, -0.25) is 14.8 Å². The SMILES string of the molecule is CCOc1ccc(CN2CCc3nc4cc(-c5ccoc5C)[nH]n4c(=O)c3C2)cc1OC. The summed E-state index contributed by atoms with van der Waals surface area (Å²) in [5.41, 5.74) is 5.07. The molecule has 0 aliphatic carbocycles. The van der Waals surface area contributed by atoms with Gasteiger partial charge in [-0.05, 0) is 37.6 Å². The molecular formula is C24H26N4O4. The Balaban J connectivity index is 1.42. The summed E-state index contributed by atoms with van der Waals surface area (Å²) in [6.07, 6.45) is 2.38. The molecule has 0 fully saturated rings. The fourth-order valence-electron chi connectivity index (χ4n) is 4.32. The molecule has 166 valence electrons. The van der Waals surface area contributed by atoms with Crippen LogP contribution in [0.1, 0.15) is 29.5 Å². The molecule has 4 heterocycles. The number of methoxy groups -OCH3 is 1. The molecule has 0 unspecified atom stereocenters. The minimum atomic E-state index is -0.0497. The second-order valence-electron chi connectivity index (χ2n) is 7.97. The Hall–Kier alpha value is -3.52. The lowest BCUT2D eigenvalue weighted by atomic mass is 10.1. The van der Waals surface area contributed by atoms with Crippen molar-refractivity contribution in [3.8, 4) is 22.8 Å². The summed E-state index contributed by atoms with van der Waals surface area (Å²) in [5.74, 6) is 2.26. The first-order valence-electron chi connectivity index (χ1n) is 10.8. The fraction of sp³-hybridized carbons (Fsp3) is 0.333. The Bertz CT molecular complexity index is 1330. The van der Waals surface area contributed by atoms with Crippen LogP contribution in [0.25, 0.3) is 16.9 Å². The third-order valence-electron chi connectivity index (χ3n) is 5.92. The van der Waals surface area contributed by atoms with Crippen LogP contribution in [0.3, 0.4) is 0 Å². The van der Waals surface area contributed by atoms with Crippen LogP contribution in [-0.2, 0) is 19.5 Å². The fourth-order valence-corrected chi connectivity index (χ4v) is 4.32. The molecule has 0 saturated heterocycles. The second-order valence-corrected chi connectivity index (χ2v) is 7.97. The molecule has 1 N–H and O–H groups in total. The van der Waals surface area contributed by atoms with E-state index in [1.807, 2.05) is 44.2 Å². The number of furan rings is 1. The van der Waals surface area contributed by atoms with Gasteiger partial charge >= 0.3 is 0 Å². The van der Waals surface area contributed by atoms with Crippen LogP contribution in [0, 0.1) is 6.92 Å². The highest BCUT2D eigenvalue weighted by Crippen LogP contribution is 2.29. The number of H-pyrrole nitrogens is 1. The van der Waals surface area contributed by atoms with Crippen molar-refractivity contribution in [2.45, 2.75) is 33.4 Å². The van der Waals surface area contributed by atoms with Crippen molar-refractivity contribution in [3.05, 3.63) is 69.5 Å². The van der Waals surface area contributed by atoms with Crippen LogP contribution in [0.2, 0.25) is 0 Å².